The van der Waals surface area contributed by atoms with Crippen molar-refractivity contribution in [2.24, 2.45) is 5.92 Å². The third kappa shape index (κ3) is 6.25. The number of amides is 1. The zero-order chi connectivity index (χ0) is 20.9. The number of alkyl halides is 3. The van der Waals surface area contributed by atoms with Gasteiger partial charge in [0.2, 0.25) is 5.91 Å². The van der Waals surface area contributed by atoms with E-state index < -0.39 is 11.7 Å². The third-order valence-corrected chi connectivity index (χ3v) is 5.13. The minimum atomic E-state index is -4.37. The molecule has 1 saturated heterocycles. The predicted molar refractivity (Wildman–Crippen MR) is 99.6 cm³/mol. The number of nitrogens with zero attached hydrogens (tertiary/aromatic N) is 5. The van der Waals surface area contributed by atoms with Crippen LogP contribution < -0.4 is 5.32 Å². The highest BCUT2D eigenvalue weighted by Crippen LogP contribution is 2.29. The van der Waals surface area contributed by atoms with E-state index in [1.54, 1.807) is 6.07 Å². The first-order chi connectivity index (χ1) is 13.8. The molecule has 0 spiro atoms. The number of benzene rings is 1. The van der Waals surface area contributed by atoms with Gasteiger partial charge < -0.3 is 5.32 Å². The van der Waals surface area contributed by atoms with Gasteiger partial charge in [-0.2, -0.15) is 13.2 Å². The lowest BCUT2D eigenvalue weighted by molar-refractivity contribution is -0.137. The van der Waals surface area contributed by atoms with Gasteiger partial charge in [0.15, 0.2) is 5.82 Å². The lowest BCUT2D eigenvalue weighted by Gasteiger charge is -2.29. The second-order valence-corrected chi connectivity index (χ2v) is 7.51. The standard InChI is InChI=1S/C19H25F3N6O/c1-14-6-9-27(10-7-14)12-17-24-25-26-28(17)13-18(29)23-8-5-15-3-2-4-16(11-15)19(20,21)22/h2-4,11,14H,5-10,12-13H2,1H3,(H,23,29). The molecule has 1 aliphatic heterocycles. The molecule has 10 heteroatoms. The van der Waals surface area contributed by atoms with E-state index in [-0.39, 0.29) is 19.0 Å². The van der Waals surface area contributed by atoms with Crippen LogP contribution in [-0.4, -0.2) is 50.6 Å². The smallest absolute Gasteiger partial charge is 0.354 e. The van der Waals surface area contributed by atoms with Crippen molar-refractivity contribution in [1.29, 1.82) is 0 Å². The van der Waals surface area contributed by atoms with Crippen LogP contribution in [0.15, 0.2) is 24.3 Å². The zero-order valence-electron chi connectivity index (χ0n) is 16.3. The molecule has 7 nitrogen and oxygen atoms in total. The maximum Gasteiger partial charge on any atom is 0.416 e. The highest BCUT2D eigenvalue weighted by Gasteiger charge is 2.30. The van der Waals surface area contributed by atoms with E-state index in [1.807, 2.05) is 0 Å². The van der Waals surface area contributed by atoms with Crippen molar-refractivity contribution in [3.05, 3.63) is 41.2 Å². The summed E-state index contributed by atoms with van der Waals surface area (Å²) in [6.45, 7) is 5.02. The third-order valence-electron chi connectivity index (χ3n) is 5.13. The number of likely N-dealkylation sites (tertiary alicyclic amines) is 1. The Hall–Kier alpha value is -2.49. The second-order valence-electron chi connectivity index (χ2n) is 7.51. The van der Waals surface area contributed by atoms with E-state index in [2.05, 4.69) is 32.7 Å². The summed E-state index contributed by atoms with van der Waals surface area (Å²) >= 11 is 0. The summed E-state index contributed by atoms with van der Waals surface area (Å²) in [5.41, 5.74) is -0.172. The molecule has 1 N–H and O–H groups in total. The van der Waals surface area contributed by atoms with E-state index in [1.165, 1.54) is 10.7 Å². The summed E-state index contributed by atoms with van der Waals surface area (Å²) in [7, 11) is 0. The molecule has 0 saturated carbocycles. The van der Waals surface area contributed by atoms with Crippen molar-refractivity contribution in [3.63, 3.8) is 0 Å². The Balaban J connectivity index is 1.46. The van der Waals surface area contributed by atoms with Gasteiger partial charge in [0.05, 0.1) is 12.1 Å². The molecule has 1 aliphatic rings. The quantitative estimate of drug-likeness (QED) is 0.758. The van der Waals surface area contributed by atoms with E-state index >= 15 is 0 Å². The molecule has 0 unspecified atom stereocenters. The van der Waals surface area contributed by atoms with Crippen molar-refractivity contribution in [1.82, 2.24) is 30.4 Å². The van der Waals surface area contributed by atoms with Gasteiger partial charge in [-0.3, -0.25) is 9.69 Å². The molecule has 0 aliphatic carbocycles. The highest BCUT2D eigenvalue weighted by molar-refractivity contribution is 5.75. The van der Waals surface area contributed by atoms with E-state index in [0.717, 1.165) is 44.0 Å². The maximum atomic E-state index is 12.8. The summed E-state index contributed by atoms with van der Waals surface area (Å²) in [5, 5.41) is 14.3. The van der Waals surface area contributed by atoms with Crippen molar-refractivity contribution in [2.45, 2.75) is 45.5 Å². The lowest BCUT2D eigenvalue weighted by Crippen LogP contribution is -2.34. The number of piperidine rings is 1. The largest absolute Gasteiger partial charge is 0.416 e. The Morgan fingerprint density at radius 1 is 1.28 bits per heavy atom. The zero-order valence-corrected chi connectivity index (χ0v) is 16.3. The highest BCUT2D eigenvalue weighted by atomic mass is 19.4. The summed E-state index contributed by atoms with van der Waals surface area (Å²) in [5.74, 6) is 1.08. The number of carbonyl (C=O) groups is 1. The number of tetrazole rings is 1. The molecule has 1 aromatic heterocycles. The molecule has 2 heterocycles. The average Bonchev–Trinajstić information content (AvgIpc) is 3.10. The molecule has 1 fully saturated rings. The van der Waals surface area contributed by atoms with Gasteiger partial charge in [0.1, 0.15) is 6.54 Å². The summed E-state index contributed by atoms with van der Waals surface area (Å²) in [6.07, 6.45) is -1.79. The summed E-state index contributed by atoms with van der Waals surface area (Å²) in [6, 6.07) is 5.12. The van der Waals surface area contributed by atoms with Crippen LogP contribution in [0, 0.1) is 5.92 Å². The van der Waals surface area contributed by atoms with E-state index in [0.29, 0.717) is 24.4 Å². The van der Waals surface area contributed by atoms with Gasteiger partial charge in [-0.1, -0.05) is 25.1 Å². The molecule has 1 amide bonds. The van der Waals surface area contributed by atoms with Crippen LogP contribution in [0.5, 0.6) is 0 Å². The van der Waals surface area contributed by atoms with Gasteiger partial charge in [-0.15, -0.1) is 5.10 Å². The van der Waals surface area contributed by atoms with Crippen molar-refractivity contribution in [3.8, 4) is 0 Å². The fourth-order valence-corrected chi connectivity index (χ4v) is 3.32. The number of hydrogen-bond donors (Lipinski definition) is 1. The van der Waals surface area contributed by atoms with Crippen LogP contribution in [0.25, 0.3) is 0 Å². The number of hydrogen-bond acceptors (Lipinski definition) is 5. The fraction of sp³-hybridized carbons (Fsp3) is 0.579. The van der Waals surface area contributed by atoms with Crippen LogP contribution in [0.1, 0.15) is 36.7 Å². The maximum absolute atomic E-state index is 12.8. The number of carbonyl (C=O) groups excluding carboxylic acids is 1. The Bertz CT molecular complexity index is 814. The van der Waals surface area contributed by atoms with Crippen LogP contribution in [0.4, 0.5) is 13.2 Å². The van der Waals surface area contributed by atoms with Gasteiger partial charge in [0, 0.05) is 6.54 Å². The molecule has 1 aromatic carbocycles. The van der Waals surface area contributed by atoms with Crippen molar-refractivity contribution in [2.75, 3.05) is 19.6 Å². The Kier molecular flexibility index (Phi) is 6.83. The van der Waals surface area contributed by atoms with Crippen LogP contribution in [0.3, 0.4) is 0 Å². The van der Waals surface area contributed by atoms with Gasteiger partial charge in [0.25, 0.3) is 0 Å². The van der Waals surface area contributed by atoms with E-state index in [9.17, 15) is 18.0 Å². The average molecular weight is 410 g/mol. The Morgan fingerprint density at radius 3 is 2.76 bits per heavy atom. The normalized spacial score (nSPS) is 16.1. The molecule has 0 atom stereocenters. The SMILES string of the molecule is CC1CCN(Cc2nnnn2CC(=O)NCCc2cccc(C(F)(F)F)c2)CC1. The molecular weight excluding hydrogens is 385 g/mol. The lowest BCUT2D eigenvalue weighted by atomic mass is 9.99. The first kappa shape index (κ1) is 21.2. The van der Waals surface area contributed by atoms with Gasteiger partial charge in [-0.25, -0.2) is 4.68 Å². The van der Waals surface area contributed by atoms with Gasteiger partial charge in [-0.05, 0) is 60.3 Å². The number of nitrogens with one attached hydrogen (secondary N) is 1. The Labute approximate surface area is 167 Å². The number of rotatable bonds is 7. The molecule has 0 bridgehead atoms. The summed E-state index contributed by atoms with van der Waals surface area (Å²) in [4.78, 5) is 14.5. The molecule has 3 rings (SSSR count). The Morgan fingerprint density at radius 2 is 2.03 bits per heavy atom. The van der Waals surface area contributed by atoms with Gasteiger partial charge >= 0.3 is 6.18 Å². The molecule has 0 radical (unpaired) electrons. The predicted octanol–water partition coefficient (Wildman–Crippen LogP) is 2.28. The van der Waals surface area contributed by atoms with Crippen LogP contribution in [0.2, 0.25) is 0 Å². The van der Waals surface area contributed by atoms with Crippen molar-refractivity contribution >= 4 is 5.91 Å². The first-order valence-electron chi connectivity index (χ1n) is 9.71. The number of aromatic nitrogens is 4. The van der Waals surface area contributed by atoms with Crippen molar-refractivity contribution < 1.29 is 18.0 Å². The molecular formula is C19H25F3N6O. The minimum absolute atomic E-state index is 0.0187. The van der Waals surface area contributed by atoms with Crippen LogP contribution >= 0.6 is 0 Å². The molecule has 29 heavy (non-hydrogen) atoms. The fourth-order valence-electron chi connectivity index (χ4n) is 3.32. The molecule has 2 aromatic rings. The monoisotopic (exact) mass is 410 g/mol. The number of halogens is 3. The van der Waals surface area contributed by atoms with Crippen LogP contribution in [-0.2, 0) is 30.5 Å². The first-order valence-corrected chi connectivity index (χ1v) is 9.71. The minimum Gasteiger partial charge on any atom is -0.354 e. The second kappa shape index (κ2) is 9.34. The summed E-state index contributed by atoms with van der Waals surface area (Å²) < 4.78 is 39.8. The topological polar surface area (TPSA) is 75.9 Å². The molecule has 158 valence electrons. The van der Waals surface area contributed by atoms with E-state index in [4.69, 9.17) is 0 Å².